The van der Waals surface area contributed by atoms with E-state index >= 15 is 0 Å². The fraction of sp³-hybridized carbons (Fsp3) is 0. The predicted octanol–water partition coefficient (Wildman–Crippen LogP) is 6.52. The molecule has 6 heteroatoms. The summed E-state index contributed by atoms with van der Waals surface area (Å²) in [5, 5.41) is 21.4. The van der Waals surface area contributed by atoms with Crippen molar-refractivity contribution in [1.29, 1.82) is 5.26 Å². The maximum absolute atomic E-state index is 11.0. The molecule has 0 unspecified atom stereocenters. The van der Waals surface area contributed by atoms with E-state index in [-0.39, 0.29) is 11.4 Å². The molecule has 5 nitrogen and oxygen atoms in total. The summed E-state index contributed by atoms with van der Waals surface area (Å²) in [6.07, 6.45) is 0. The van der Waals surface area contributed by atoms with E-state index in [4.69, 9.17) is 11.6 Å². The number of nitriles is 1. The third-order valence-corrected chi connectivity index (χ3v) is 4.97. The van der Waals surface area contributed by atoms with Crippen LogP contribution in [0.1, 0.15) is 5.69 Å². The minimum absolute atomic E-state index is 0.000300. The number of aromatic nitrogens is 1. The van der Waals surface area contributed by atoms with E-state index in [1.807, 2.05) is 48.5 Å². The average molecular weight is 412 g/mol. The van der Waals surface area contributed by atoms with Gasteiger partial charge in [-0.25, -0.2) is 4.98 Å². The highest BCUT2D eigenvalue weighted by Gasteiger charge is 2.17. The number of nitrogens with zero attached hydrogens (tertiary/aromatic N) is 3. The van der Waals surface area contributed by atoms with Crippen LogP contribution in [0.4, 0.5) is 5.69 Å². The Morgan fingerprint density at radius 1 is 0.867 bits per heavy atom. The Bertz CT molecular complexity index is 1260. The second-order valence-electron chi connectivity index (χ2n) is 6.57. The van der Waals surface area contributed by atoms with E-state index in [2.05, 4.69) is 11.1 Å². The van der Waals surface area contributed by atoms with Gasteiger partial charge in [0.05, 0.1) is 10.6 Å². The molecule has 1 heterocycles. The molecule has 0 amide bonds. The van der Waals surface area contributed by atoms with Crippen LogP contribution in [0.5, 0.6) is 0 Å². The lowest BCUT2D eigenvalue weighted by Crippen LogP contribution is -1.97. The minimum Gasteiger partial charge on any atom is -0.258 e. The Labute approximate surface area is 178 Å². The molecule has 0 fully saturated rings. The maximum atomic E-state index is 11.0. The van der Waals surface area contributed by atoms with Gasteiger partial charge in [-0.15, -0.1) is 0 Å². The van der Waals surface area contributed by atoms with Crippen molar-refractivity contribution in [3.8, 4) is 39.6 Å². The number of benzene rings is 3. The molecular formula is C24H14ClN3O2. The summed E-state index contributed by atoms with van der Waals surface area (Å²) in [5.74, 6) is 0. The van der Waals surface area contributed by atoms with E-state index < -0.39 is 4.92 Å². The van der Waals surface area contributed by atoms with Gasteiger partial charge in [-0.1, -0.05) is 54.1 Å². The number of hydrogen-bond donors (Lipinski definition) is 0. The molecule has 144 valence electrons. The Morgan fingerprint density at radius 3 is 2.10 bits per heavy atom. The van der Waals surface area contributed by atoms with Crippen molar-refractivity contribution < 1.29 is 4.92 Å². The number of rotatable bonds is 4. The molecule has 0 aliphatic rings. The molecule has 3 aromatic carbocycles. The lowest BCUT2D eigenvalue weighted by molar-refractivity contribution is -0.384. The summed E-state index contributed by atoms with van der Waals surface area (Å²) in [7, 11) is 0. The first-order valence-corrected chi connectivity index (χ1v) is 9.46. The molecule has 0 aliphatic heterocycles. The van der Waals surface area contributed by atoms with Crippen molar-refractivity contribution in [3.05, 3.63) is 106 Å². The van der Waals surface area contributed by atoms with Crippen molar-refractivity contribution in [2.24, 2.45) is 0 Å². The van der Waals surface area contributed by atoms with E-state index in [0.29, 0.717) is 21.8 Å². The zero-order valence-electron chi connectivity index (χ0n) is 15.6. The van der Waals surface area contributed by atoms with Crippen LogP contribution < -0.4 is 0 Å². The molecule has 0 aliphatic carbocycles. The number of non-ortho nitro benzene ring substituents is 1. The smallest absolute Gasteiger partial charge is 0.258 e. The van der Waals surface area contributed by atoms with E-state index in [1.165, 1.54) is 12.1 Å². The standard InChI is InChI=1S/C24H14ClN3O2/c25-19-10-6-18(7-11-19)24-21(16-4-2-1-3-5-16)14-22(27-23(24)15-26)17-8-12-20(13-9-17)28(29)30/h1-14H. The van der Waals surface area contributed by atoms with Gasteiger partial charge in [0.2, 0.25) is 0 Å². The van der Waals surface area contributed by atoms with E-state index in [9.17, 15) is 15.4 Å². The lowest BCUT2D eigenvalue weighted by Gasteiger charge is -2.14. The zero-order chi connectivity index (χ0) is 21.1. The fourth-order valence-electron chi connectivity index (χ4n) is 3.28. The minimum atomic E-state index is -0.447. The zero-order valence-corrected chi connectivity index (χ0v) is 16.4. The third-order valence-electron chi connectivity index (χ3n) is 4.72. The summed E-state index contributed by atoms with van der Waals surface area (Å²) in [4.78, 5) is 15.1. The van der Waals surface area contributed by atoms with E-state index in [0.717, 1.165) is 16.7 Å². The normalized spacial score (nSPS) is 10.4. The first kappa shape index (κ1) is 19.3. The topological polar surface area (TPSA) is 79.8 Å². The molecule has 1 aromatic heterocycles. The van der Waals surface area contributed by atoms with Gasteiger partial charge in [-0.2, -0.15) is 5.26 Å². The first-order valence-electron chi connectivity index (χ1n) is 9.08. The number of nitro groups is 1. The molecule has 30 heavy (non-hydrogen) atoms. The van der Waals surface area contributed by atoms with Crippen molar-refractivity contribution in [3.63, 3.8) is 0 Å². The molecule has 0 bridgehead atoms. The van der Waals surface area contributed by atoms with Gasteiger partial charge in [0, 0.05) is 28.3 Å². The molecule has 4 rings (SSSR count). The van der Waals surface area contributed by atoms with Gasteiger partial charge in [0.25, 0.3) is 5.69 Å². The van der Waals surface area contributed by atoms with Gasteiger partial charge in [-0.3, -0.25) is 10.1 Å². The molecule has 0 spiro atoms. The fourth-order valence-corrected chi connectivity index (χ4v) is 3.41. The van der Waals surface area contributed by atoms with Gasteiger partial charge >= 0.3 is 0 Å². The van der Waals surface area contributed by atoms with Crippen molar-refractivity contribution >= 4 is 17.3 Å². The molecule has 0 N–H and O–H groups in total. The van der Waals surface area contributed by atoms with Crippen LogP contribution in [-0.4, -0.2) is 9.91 Å². The first-order chi connectivity index (χ1) is 14.6. The third kappa shape index (κ3) is 3.77. The molecule has 4 aromatic rings. The monoisotopic (exact) mass is 411 g/mol. The van der Waals surface area contributed by atoms with Crippen LogP contribution in [0.25, 0.3) is 33.5 Å². The van der Waals surface area contributed by atoms with Crippen molar-refractivity contribution in [1.82, 2.24) is 4.98 Å². The molecule has 0 radical (unpaired) electrons. The van der Waals surface area contributed by atoms with Gasteiger partial charge in [0.1, 0.15) is 11.8 Å². The highest BCUT2D eigenvalue weighted by atomic mass is 35.5. The Balaban J connectivity index is 1.96. The molecule has 0 saturated carbocycles. The van der Waals surface area contributed by atoms with E-state index in [1.54, 1.807) is 24.3 Å². The summed E-state index contributed by atoms with van der Waals surface area (Å²) < 4.78 is 0. The summed E-state index contributed by atoms with van der Waals surface area (Å²) in [6.45, 7) is 0. The Morgan fingerprint density at radius 2 is 1.50 bits per heavy atom. The van der Waals surface area contributed by atoms with Gasteiger partial charge in [0.15, 0.2) is 0 Å². The van der Waals surface area contributed by atoms with Crippen LogP contribution in [0.15, 0.2) is 84.9 Å². The van der Waals surface area contributed by atoms with Crippen LogP contribution >= 0.6 is 11.6 Å². The van der Waals surface area contributed by atoms with Crippen LogP contribution in [0.3, 0.4) is 0 Å². The lowest BCUT2D eigenvalue weighted by atomic mass is 9.92. The summed E-state index contributed by atoms with van der Waals surface area (Å²) in [5.41, 5.74) is 4.85. The molecular weight excluding hydrogens is 398 g/mol. The second-order valence-corrected chi connectivity index (χ2v) is 7.00. The maximum Gasteiger partial charge on any atom is 0.269 e. The van der Waals surface area contributed by atoms with Crippen LogP contribution in [-0.2, 0) is 0 Å². The Kier molecular flexibility index (Phi) is 5.25. The number of pyridine rings is 1. The summed E-state index contributed by atoms with van der Waals surface area (Å²) >= 11 is 6.04. The second kappa shape index (κ2) is 8.16. The Hall–Kier alpha value is -4.01. The van der Waals surface area contributed by atoms with Crippen LogP contribution in [0.2, 0.25) is 5.02 Å². The predicted molar refractivity (Wildman–Crippen MR) is 117 cm³/mol. The molecule has 0 saturated heterocycles. The number of nitro benzene ring substituents is 1. The molecule has 0 atom stereocenters. The SMILES string of the molecule is N#Cc1nc(-c2ccc([N+](=O)[O-])cc2)cc(-c2ccccc2)c1-c1ccc(Cl)cc1. The van der Waals surface area contributed by atoms with Gasteiger partial charge in [-0.05, 0) is 47.0 Å². The number of halogens is 1. The van der Waals surface area contributed by atoms with Crippen LogP contribution in [0, 0.1) is 21.4 Å². The van der Waals surface area contributed by atoms with Crippen molar-refractivity contribution in [2.75, 3.05) is 0 Å². The quantitative estimate of drug-likeness (QED) is 0.283. The highest BCUT2D eigenvalue weighted by molar-refractivity contribution is 6.30. The van der Waals surface area contributed by atoms with Gasteiger partial charge < -0.3 is 0 Å². The largest absolute Gasteiger partial charge is 0.269 e. The van der Waals surface area contributed by atoms with Crippen molar-refractivity contribution in [2.45, 2.75) is 0 Å². The highest BCUT2D eigenvalue weighted by Crippen LogP contribution is 2.37. The summed E-state index contributed by atoms with van der Waals surface area (Å²) in [6, 6.07) is 27.2. The number of hydrogen-bond acceptors (Lipinski definition) is 4. The average Bonchev–Trinajstić information content (AvgIpc) is 2.79.